The largest absolute Gasteiger partial charge is 0.309 e. The fourth-order valence-electron chi connectivity index (χ4n) is 9.70. The van der Waals surface area contributed by atoms with Gasteiger partial charge in [-0.15, -0.1) is 0 Å². The second-order valence-electron chi connectivity index (χ2n) is 15.4. The molecule has 2 aromatic heterocycles. The SMILES string of the molecule is Fc1ccc2c(c1)C1c3cc(F)ccc3C2c2c(-c3nc(-c4ccccc4)nc(-c4cccc(-c5ccccc5)c4)n3)ccc(-n3c4ccccc4c4ccccc43)c21. The number of rotatable bonds is 5. The first-order valence-electron chi connectivity index (χ1n) is 19.8. The normalized spacial score (nSPS) is 14.9. The topological polar surface area (TPSA) is 43.6 Å². The van der Waals surface area contributed by atoms with E-state index in [1.54, 1.807) is 12.1 Å². The smallest absolute Gasteiger partial charge is 0.164 e. The Morgan fingerprint density at radius 3 is 1.53 bits per heavy atom. The fraction of sp³-hybridized carbons (Fsp3) is 0.0377. The zero-order valence-corrected chi connectivity index (χ0v) is 31.5. The molecule has 13 rings (SSSR count). The number of halogens is 2. The van der Waals surface area contributed by atoms with Gasteiger partial charge >= 0.3 is 0 Å². The molecule has 4 nitrogen and oxygen atoms in total. The lowest BCUT2D eigenvalue weighted by atomic mass is 9.59. The molecule has 0 radical (unpaired) electrons. The first-order chi connectivity index (χ1) is 29.1. The van der Waals surface area contributed by atoms with Gasteiger partial charge in [0.1, 0.15) is 11.6 Å². The molecule has 0 N–H and O–H groups in total. The molecular formula is C53H32F2N4. The van der Waals surface area contributed by atoms with Crippen molar-refractivity contribution < 1.29 is 8.78 Å². The Morgan fingerprint density at radius 1 is 0.373 bits per heavy atom. The minimum absolute atomic E-state index is 0.322. The van der Waals surface area contributed by atoms with E-state index in [-0.39, 0.29) is 17.6 Å². The van der Waals surface area contributed by atoms with E-state index < -0.39 is 5.92 Å². The van der Waals surface area contributed by atoms with Crippen molar-refractivity contribution >= 4 is 21.8 Å². The number of fused-ring (bicyclic) bond motifs is 3. The standard InChI is InChI=1S/C53H32F2N4/c54-35-22-24-39-42(29-35)48-43-30-36(55)23-25-40(43)47(39)49-41(26-27-46(50(48)49)59-44-20-9-7-18-37(44)38-19-8-10-21-45(38)59)53-57-51(32-14-5-2-6-15-32)56-52(58-53)34-17-11-16-33(28-34)31-12-3-1-4-13-31/h1-30,47-48H. The third kappa shape index (κ3) is 5.16. The van der Waals surface area contributed by atoms with Crippen molar-refractivity contribution in [3.05, 3.63) is 227 Å². The molecule has 6 heteroatoms. The molecule has 278 valence electrons. The molecule has 10 aromatic rings. The van der Waals surface area contributed by atoms with Crippen molar-refractivity contribution in [3.63, 3.8) is 0 Å². The molecule has 0 aliphatic heterocycles. The lowest BCUT2D eigenvalue weighted by Gasteiger charge is -2.44. The Morgan fingerprint density at radius 2 is 0.881 bits per heavy atom. The first kappa shape index (κ1) is 33.6. The van der Waals surface area contributed by atoms with Crippen molar-refractivity contribution in [1.29, 1.82) is 0 Å². The monoisotopic (exact) mass is 762 g/mol. The van der Waals surface area contributed by atoms with Gasteiger partial charge in [0.15, 0.2) is 17.5 Å². The molecule has 2 bridgehead atoms. The van der Waals surface area contributed by atoms with E-state index in [4.69, 9.17) is 15.0 Å². The summed E-state index contributed by atoms with van der Waals surface area (Å²) in [6.07, 6.45) is 0. The highest BCUT2D eigenvalue weighted by molar-refractivity contribution is 6.09. The number of benzene rings is 8. The van der Waals surface area contributed by atoms with E-state index in [0.717, 1.165) is 88.7 Å². The number of hydrogen-bond donors (Lipinski definition) is 0. The highest BCUT2D eigenvalue weighted by atomic mass is 19.1. The van der Waals surface area contributed by atoms with Gasteiger partial charge in [-0.3, -0.25) is 0 Å². The summed E-state index contributed by atoms with van der Waals surface area (Å²) in [5, 5.41) is 2.26. The summed E-state index contributed by atoms with van der Waals surface area (Å²) >= 11 is 0. The number of para-hydroxylation sites is 2. The quantitative estimate of drug-likeness (QED) is 0.175. The highest BCUT2D eigenvalue weighted by Crippen LogP contribution is 2.59. The van der Waals surface area contributed by atoms with Crippen LogP contribution in [0, 0.1) is 11.6 Å². The van der Waals surface area contributed by atoms with Crippen LogP contribution in [0.4, 0.5) is 8.78 Å². The second-order valence-corrected chi connectivity index (χ2v) is 15.4. The maximum atomic E-state index is 15.4. The predicted molar refractivity (Wildman–Crippen MR) is 231 cm³/mol. The van der Waals surface area contributed by atoms with E-state index in [0.29, 0.717) is 17.5 Å². The Labute approximate surface area is 338 Å². The van der Waals surface area contributed by atoms with Crippen molar-refractivity contribution in [1.82, 2.24) is 19.5 Å². The van der Waals surface area contributed by atoms with Gasteiger partial charge in [0, 0.05) is 39.3 Å². The molecule has 59 heavy (non-hydrogen) atoms. The van der Waals surface area contributed by atoms with Crippen LogP contribution in [0.3, 0.4) is 0 Å². The van der Waals surface area contributed by atoms with Gasteiger partial charge in [0.2, 0.25) is 0 Å². The zero-order chi connectivity index (χ0) is 39.2. The third-order valence-corrected chi connectivity index (χ3v) is 12.1. The summed E-state index contributed by atoms with van der Waals surface area (Å²) in [6.45, 7) is 0. The van der Waals surface area contributed by atoms with Gasteiger partial charge in [-0.05, 0) is 99.1 Å². The molecule has 0 unspecified atom stereocenters. The van der Waals surface area contributed by atoms with Gasteiger partial charge in [0.25, 0.3) is 0 Å². The minimum Gasteiger partial charge on any atom is -0.309 e. The highest BCUT2D eigenvalue weighted by Gasteiger charge is 2.45. The van der Waals surface area contributed by atoms with Crippen LogP contribution in [0.1, 0.15) is 45.2 Å². The molecule has 3 aliphatic carbocycles. The van der Waals surface area contributed by atoms with Crippen molar-refractivity contribution in [3.8, 4) is 51.0 Å². The summed E-state index contributed by atoms with van der Waals surface area (Å²) in [6, 6.07) is 59.9. The number of aromatic nitrogens is 4. The zero-order valence-electron chi connectivity index (χ0n) is 31.5. The van der Waals surface area contributed by atoms with Crippen LogP contribution in [0.2, 0.25) is 0 Å². The Hall–Kier alpha value is -7.57. The third-order valence-electron chi connectivity index (χ3n) is 12.1. The minimum atomic E-state index is -0.460. The molecule has 0 atom stereocenters. The summed E-state index contributed by atoms with van der Waals surface area (Å²) in [5.74, 6) is 0.198. The average molecular weight is 763 g/mol. The Bertz CT molecular complexity index is 3210. The van der Waals surface area contributed by atoms with E-state index in [1.165, 1.54) is 12.1 Å². The van der Waals surface area contributed by atoms with Crippen LogP contribution < -0.4 is 0 Å². The summed E-state index contributed by atoms with van der Waals surface area (Å²) in [5.41, 5.74) is 13.5. The molecule has 2 heterocycles. The summed E-state index contributed by atoms with van der Waals surface area (Å²) in [4.78, 5) is 15.7. The van der Waals surface area contributed by atoms with E-state index in [1.807, 2.05) is 72.8 Å². The van der Waals surface area contributed by atoms with Crippen LogP contribution in [-0.2, 0) is 0 Å². The number of hydrogen-bond acceptors (Lipinski definition) is 3. The maximum Gasteiger partial charge on any atom is 0.164 e. The lowest BCUT2D eigenvalue weighted by Crippen LogP contribution is -2.30. The van der Waals surface area contributed by atoms with Crippen molar-refractivity contribution in [2.75, 3.05) is 0 Å². The molecule has 3 aliphatic rings. The molecule has 8 aromatic carbocycles. The molecular weight excluding hydrogens is 731 g/mol. The Kier molecular flexibility index (Phi) is 7.38. The van der Waals surface area contributed by atoms with Crippen LogP contribution in [0.25, 0.3) is 72.8 Å². The average Bonchev–Trinajstić information content (AvgIpc) is 3.63. The fourth-order valence-corrected chi connectivity index (χ4v) is 9.70. The van der Waals surface area contributed by atoms with Crippen molar-refractivity contribution in [2.45, 2.75) is 11.8 Å². The van der Waals surface area contributed by atoms with Crippen LogP contribution in [0.5, 0.6) is 0 Å². The maximum absolute atomic E-state index is 15.4. The lowest BCUT2D eigenvalue weighted by molar-refractivity contribution is 0.611. The predicted octanol–water partition coefficient (Wildman–Crippen LogP) is 12.9. The van der Waals surface area contributed by atoms with Gasteiger partial charge in [-0.25, -0.2) is 23.7 Å². The van der Waals surface area contributed by atoms with Crippen LogP contribution in [0.15, 0.2) is 182 Å². The summed E-state index contributed by atoms with van der Waals surface area (Å²) in [7, 11) is 0. The number of nitrogens with zero attached hydrogens (tertiary/aromatic N) is 4. The van der Waals surface area contributed by atoms with Crippen molar-refractivity contribution in [2.24, 2.45) is 0 Å². The Balaban J connectivity index is 1.18. The van der Waals surface area contributed by atoms with E-state index in [2.05, 4.69) is 89.5 Å². The molecule has 0 saturated carbocycles. The first-order valence-corrected chi connectivity index (χ1v) is 19.8. The molecule has 0 spiro atoms. The molecule has 0 fully saturated rings. The van der Waals surface area contributed by atoms with Gasteiger partial charge in [0.05, 0.1) is 16.7 Å². The van der Waals surface area contributed by atoms with Crippen LogP contribution in [-0.4, -0.2) is 19.5 Å². The second kappa shape index (κ2) is 13.0. The molecule has 0 saturated heterocycles. The van der Waals surface area contributed by atoms with Gasteiger partial charge in [-0.2, -0.15) is 0 Å². The molecule has 0 amide bonds. The van der Waals surface area contributed by atoms with Crippen LogP contribution >= 0.6 is 0 Å². The summed E-state index contributed by atoms with van der Waals surface area (Å²) < 4.78 is 33.2. The van der Waals surface area contributed by atoms with Gasteiger partial charge < -0.3 is 4.57 Å². The van der Waals surface area contributed by atoms with E-state index in [9.17, 15) is 0 Å². The van der Waals surface area contributed by atoms with Gasteiger partial charge in [-0.1, -0.05) is 127 Å². The van der Waals surface area contributed by atoms with E-state index >= 15 is 8.78 Å².